The summed E-state index contributed by atoms with van der Waals surface area (Å²) in [5.41, 5.74) is 0.973. The Kier molecular flexibility index (Phi) is 9.34. The van der Waals surface area contributed by atoms with Gasteiger partial charge in [0.2, 0.25) is 17.7 Å². The Bertz CT molecular complexity index is 965. The summed E-state index contributed by atoms with van der Waals surface area (Å²) < 4.78 is 5.40. The molecule has 9 nitrogen and oxygen atoms in total. The Labute approximate surface area is 219 Å². The van der Waals surface area contributed by atoms with Crippen molar-refractivity contribution >= 4 is 17.7 Å². The average Bonchev–Trinajstić information content (AvgIpc) is 3.23. The molecular formula is C28H40N4O5. The highest BCUT2D eigenvalue weighted by Gasteiger charge is 2.58. The third-order valence-corrected chi connectivity index (χ3v) is 8.09. The lowest BCUT2D eigenvalue weighted by Crippen LogP contribution is -2.54. The number of carbonyl (C=O) groups excluding carboxylic acids is 3. The van der Waals surface area contributed by atoms with Crippen molar-refractivity contribution < 1.29 is 24.2 Å². The Hall–Kier alpha value is -2.75. The van der Waals surface area contributed by atoms with E-state index >= 15 is 0 Å². The smallest absolute Gasteiger partial charge is 0.243 e. The molecule has 0 spiro atoms. The van der Waals surface area contributed by atoms with Crippen LogP contribution in [0, 0.1) is 23.7 Å². The van der Waals surface area contributed by atoms with Crippen LogP contribution in [0.25, 0.3) is 0 Å². The van der Waals surface area contributed by atoms with Crippen LogP contribution in [0.4, 0.5) is 0 Å². The Morgan fingerprint density at radius 3 is 2.51 bits per heavy atom. The van der Waals surface area contributed by atoms with Gasteiger partial charge in [0.25, 0.3) is 0 Å². The van der Waals surface area contributed by atoms with E-state index in [1.807, 2.05) is 49.4 Å². The minimum absolute atomic E-state index is 0.0863. The van der Waals surface area contributed by atoms with Crippen LogP contribution in [-0.2, 0) is 25.5 Å². The topological polar surface area (TPSA) is 111 Å². The van der Waals surface area contributed by atoms with E-state index in [1.54, 1.807) is 11.9 Å². The molecule has 2 aliphatic heterocycles. The second-order valence-corrected chi connectivity index (χ2v) is 10.2. The summed E-state index contributed by atoms with van der Waals surface area (Å²) in [7, 11) is 1.58. The zero-order valence-electron chi connectivity index (χ0n) is 21.8. The number of hydrogen-bond acceptors (Lipinski definition) is 6. The van der Waals surface area contributed by atoms with Gasteiger partial charge >= 0.3 is 0 Å². The van der Waals surface area contributed by atoms with Crippen molar-refractivity contribution in [3.8, 4) is 0 Å². The summed E-state index contributed by atoms with van der Waals surface area (Å²) >= 11 is 0. The van der Waals surface area contributed by atoms with Crippen LogP contribution in [0.3, 0.4) is 0 Å². The minimum atomic E-state index is -0.788. The Morgan fingerprint density at radius 1 is 1.14 bits per heavy atom. The van der Waals surface area contributed by atoms with Crippen molar-refractivity contribution in [3.05, 3.63) is 48.0 Å². The third-order valence-electron chi connectivity index (χ3n) is 8.09. The van der Waals surface area contributed by atoms with Gasteiger partial charge in [0.05, 0.1) is 37.7 Å². The van der Waals surface area contributed by atoms with Crippen molar-refractivity contribution in [1.82, 2.24) is 20.4 Å². The fraction of sp³-hybridized carbons (Fsp3) is 0.607. The number of rotatable bonds is 10. The minimum Gasteiger partial charge on any atom is -0.394 e. The van der Waals surface area contributed by atoms with Gasteiger partial charge in [-0.1, -0.05) is 49.4 Å². The molecule has 3 amide bonds. The van der Waals surface area contributed by atoms with E-state index in [0.29, 0.717) is 32.7 Å². The first-order valence-corrected chi connectivity index (χ1v) is 13.4. The largest absolute Gasteiger partial charge is 0.394 e. The number of fused-ring (bicyclic) bond motifs is 1. The maximum atomic E-state index is 14.1. The molecule has 202 valence electrons. The van der Waals surface area contributed by atoms with Crippen LogP contribution in [0.1, 0.15) is 18.9 Å². The molecular weight excluding hydrogens is 472 g/mol. The number of benzene rings is 1. The van der Waals surface area contributed by atoms with Gasteiger partial charge in [-0.05, 0) is 24.3 Å². The second kappa shape index (κ2) is 12.7. The molecule has 1 aromatic carbocycles. The number of amides is 3. The molecule has 0 radical (unpaired) electrons. The van der Waals surface area contributed by atoms with Crippen molar-refractivity contribution in [2.75, 3.05) is 53.0 Å². The maximum Gasteiger partial charge on any atom is 0.243 e. The highest BCUT2D eigenvalue weighted by molar-refractivity contribution is 5.97. The fourth-order valence-corrected chi connectivity index (χ4v) is 6.16. The lowest BCUT2D eigenvalue weighted by atomic mass is 9.69. The lowest BCUT2D eigenvalue weighted by molar-refractivity contribution is -0.143. The second-order valence-electron chi connectivity index (χ2n) is 10.2. The predicted octanol–water partition coefficient (Wildman–Crippen LogP) is 0.440. The number of hydrogen-bond donors (Lipinski definition) is 3. The van der Waals surface area contributed by atoms with Crippen molar-refractivity contribution in [1.29, 1.82) is 0 Å². The molecule has 6 atom stereocenters. The summed E-state index contributed by atoms with van der Waals surface area (Å²) in [6, 6.07) is 8.30. The lowest BCUT2D eigenvalue weighted by Gasteiger charge is -2.34. The van der Waals surface area contributed by atoms with Gasteiger partial charge < -0.3 is 25.4 Å². The van der Waals surface area contributed by atoms with Gasteiger partial charge in [0.15, 0.2) is 0 Å². The van der Waals surface area contributed by atoms with Crippen molar-refractivity contribution in [3.63, 3.8) is 0 Å². The van der Waals surface area contributed by atoms with E-state index < -0.39 is 29.8 Å². The van der Waals surface area contributed by atoms with Crippen molar-refractivity contribution in [2.24, 2.45) is 23.7 Å². The first-order valence-electron chi connectivity index (χ1n) is 13.4. The van der Waals surface area contributed by atoms with Crippen LogP contribution in [-0.4, -0.2) is 97.8 Å². The Morgan fingerprint density at radius 2 is 1.86 bits per heavy atom. The first kappa shape index (κ1) is 27.3. The van der Waals surface area contributed by atoms with Gasteiger partial charge in [-0.2, -0.15) is 0 Å². The van der Waals surface area contributed by atoms with E-state index in [2.05, 4.69) is 15.5 Å². The highest BCUT2D eigenvalue weighted by Crippen LogP contribution is 2.45. The van der Waals surface area contributed by atoms with E-state index in [0.717, 1.165) is 25.1 Å². The normalized spacial score (nSPS) is 28.6. The van der Waals surface area contributed by atoms with E-state index in [4.69, 9.17) is 4.74 Å². The standard InChI is InChI=1S/C28H40N4O5/c1-3-20-9-10-22-24(23(20)26(34)29-2)28(36)32(21(18-33)17-19-7-5-4-6-8-19)25(22)27(35)30-11-12-31-13-15-37-16-14-31/h4-10,20-25,33H,3,11-18H2,1-2H3,(H,29,34)(H,30,35)/t20-,21-,22+,23-,24+,25+/m1/s1. The van der Waals surface area contributed by atoms with Crippen LogP contribution >= 0.6 is 0 Å². The highest BCUT2D eigenvalue weighted by atomic mass is 16.5. The molecule has 1 aliphatic carbocycles. The molecule has 2 saturated heterocycles. The molecule has 0 saturated carbocycles. The van der Waals surface area contributed by atoms with Crippen LogP contribution in [0.2, 0.25) is 0 Å². The monoisotopic (exact) mass is 512 g/mol. The number of ether oxygens (including phenoxy) is 1. The molecule has 3 aliphatic rings. The first-order chi connectivity index (χ1) is 18.0. The summed E-state index contributed by atoms with van der Waals surface area (Å²) in [4.78, 5) is 44.6. The molecule has 4 rings (SSSR count). The summed E-state index contributed by atoms with van der Waals surface area (Å²) in [5.74, 6) is -2.38. The quantitative estimate of drug-likeness (QED) is 0.393. The summed E-state index contributed by atoms with van der Waals surface area (Å²) in [5, 5.41) is 16.2. The molecule has 2 fully saturated rings. The number of nitrogens with zero attached hydrogens (tertiary/aromatic N) is 2. The number of nitrogens with one attached hydrogen (secondary N) is 2. The molecule has 37 heavy (non-hydrogen) atoms. The van der Waals surface area contributed by atoms with E-state index in [-0.39, 0.29) is 30.2 Å². The number of morpholine rings is 1. The molecule has 3 N–H and O–H groups in total. The van der Waals surface area contributed by atoms with Gasteiger partial charge in [-0.3, -0.25) is 19.3 Å². The predicted molar refractivity (Wildman–Crippen MR) is 139 cm³/mol. The van der Waals surface area contributed by atoms with Crippen LogP contribution in [0.5, 0.6) is 0 Å². The number of likely N-dealkylation sites (tertiary alicyclic amines) is 1. The van der Waals surface area contributed by atoms with E-state index in [1.165, 1.54) is 0 Å². The van der Waals surface area contributed by atoms with E-state index in [9.17, 15) is 19.5 Å². The molecule has 0 unspecified atom stereocenters. The zero-order valence-corrected chi connectivity index (χ0v) is 21.8. The van der Waals surface area contributed by atoms with Crippen molar-refractivity contribution in [2.45, 2.75) is 31.8 Å². The molecule has 0 bridgehead atoms. The van der Waals surface area contributed by atoms with Crippen LogP contribution < -0.4 is 10.6 Å². The zero-order chi connectivity index (χ0) is 26.4. The maximum absolute atomic E-state index is 14.1. The molecule has 0 aromatic heterocycles. The molecule has 9 heteroatoms. The number of allylic oxidation sites excluding steroid dienone is 1. The molecule has 2 heterocycles. The number of aliphatic hydroxyl groups is 1. The Balaban J connectivity index is 1.61. The van der Waals surface area contributed by atoms with Gasteiger partial charge in [-0.25, -0.2) is 0 Å². The fourth-order valence-electron chi connectivity index (χ4n) is 6.16. The van der Waals surface area contributed by atoms with Crippen LogP contribution in [0.15, 0.2) is 42.5 Å². The molecule has 1 aromatic rings. The van der Waals surface area contributed by atoms with Gasteiger partial charge in [-0.15, -0.1) is 0 Å². The third kappa shape index (κ3) is 5.89. The average molecular weight is 513 g/mol. The van der Waals surface area contributed by atoms with Gasteiger partial charge in [0, 0.05) is 39.1 Å². The number of carbonyl (C=O) groups is 3. The summed E-state index contributed by atoms with van der Waals surface area (Å²) in [6.45, 7) is 5.91. The van der Waals surface area contributed by atoms with Gasteiger partial charge in [0.1, 0.15) is 6.04 Å². The SMILES string of the molecule is CC[C@@H]1C=C[C@H]2[C@H](C(=O)N([C@@H](CO)Cc3ccccc3)[C@@H]2C(=O)NCCN2CCOCC2)[C@@H]1C(=O)NC. The number of aliphatic hydroxyl groups excluding tert-OH is 1. The summed E-state index contributed by atoms with van der Waals surface area (Å²) in [6.07, 6.45) is 5.09.